The molecule has 1 aliphatic heterocycles. The highest BCUT2D eigenvalue weighted by Crippen LogP contribution is 2.29. The molecule has 1 atom stereocenters. The highest BCUT2D eigenvalue weighted by atomic mass is 79.9. The van der Waals surface area contributed by atoms with Crippen LogP contribution in [0.4, 0.5) is 5.69 Å². The number of ether oxygens (including phenoxy) is 1. The van der Waals surface area contributed by atoms with Crippen LogP contribution in [-0.4, -0.2) is 37.7 Å². The van der Waals surface area contributed by atoms with Crippen LogP contribution < -0.4 is 10.1 Å². The van der Waals surface area contributed by atoms with Gasteiger partial charge in [0.25, 0.3) is 0 Å². The number of nitrogens with zero attached hydrogens (tertiary/aromatic N) is 1. The van der Waals surface area contributed by atoms with Gasteiger partial charge in [-0.25, -0.2) is 0 Å². The Morgan fingerprint density at radius 1 is 1.38 bits per heavy atom. The van der Waals surface area contributed by atoms with Gasteiger partial charge in [0, 0.05) is 11.7 Å². The molecule has 0 spiro atoms. The van der Waals surface area contributed by atoms with Crippen molar-refractivity contribution in [3.8, 4) is 5.75 Å². The number of nitrogens with one attached hydrogen (secondary N) is 1. The molecule has 2 rings (SSSR count). The van der Waals surface area contributed by atoms with Gasteiger partial charge in [-0.3, -0.25) is 0 Å². The van der Waals surface area contributed by atoms with E-state index in [0.717, 1.165) is 21.8 Å². The SMILES string of the molecule is CCCN1CCC(C(C)Nc2ccc(OC)c(Br)c2)CC1. The number of piperidine rings is 1. The van der Waals surface area contributed by atoms with E-state index < -0.39 is 0 Å². The summed E-state index contributed by atoms with van der Waals surface area (Å²) >= 11 is 3.55. The van der Waals surface area contributed by atoms with Crippen LogP contribution in [0.3, 0.4) is 0 Å². The monoisotopic (exact) mass is 354 g/mol. The number of hydrogen-bond acceptors (Lipinski definition) is 3. The average Bonchev–Trinajstić information content (AvgIpc) is 2.48. The summed E-state index contributed by atoms with van der Waals surface area (Å²) in [5, 5.41) is 3.65. The van der Waals surface area contributed by atoms with E-state index in [1.807, 2.05) is 6.07 Å². The first kappa shape index (κ1) is 16.6. The molecule has 3 nitrogen and oxygen atoms in total. The van der Waals surface area contributed by atoms with Crippen molar-refractivity contribution in [3.63, 3.8) is 0 Å². The number of halogens is 1. The lowest BCUT2D eigenvalue weighted by atomic mass is 9.90. The minimum atomic E-state index is 0.508. The molecule has 1 fully saturated rings. The van der Waals surface area contributed by atoms with Crippen molar-refractivity contribution in [2.45, 2.75) is 39.2 Å². The highest BCUT2D eigenvalue weighted by molar-refractivity contribution is 9.10. The zero-order valence-electron chi connectivity index (χ0n) is 13.4. The number of hydrogen-bond donors (Lipinski definition) is 1. The lowest BCUT2D eigenvalue weighted by Gasteiger charge is -2.35. The number of anilines is 1. The van der Waals surface area contributed by atoms with Gasteiger partial charge < -0.3 is 15.0 Å². The number of methoxy groups -OCH3 is 1. The molecule has 0 aromatic heterocycles. The predicted octanol–water partition coefficient (Wildman–Crippen LogP) is 4.38. The van der Waals surface area contributed by atoms with Crippen LogP contribution in [0.2, 0.25) is 0 Å². The molecule has 1 unspecified atom stereocenters. The van der Waals surface area contributed by atoms with Gasteiger partial charge >= 0.3 is 0 Å². The zero-order valence-corrected chi connectivity index (χ0v) is 14.9. The summed E-state index contributed by atoms with van der Waals surface area (Å²) in [6, 6.07) is 6.70. The number of likely N-dealkylation sites (tertiary alicyclic amines) is 1. The number of rotatable bonds is 6. The van der Waals surface area contributed by atoms with E-state index in [4.69, 9.17) is 4.74 Å². The summed E-state index contributed by atoms with van der Waals surface area (Å²) in [6.45, 7) is 8.31. The maximum absolute atomic E-state index is 5.28. The van der Waals surface area contributed by atoms with Crippen LogP contribution in [0.5, 0.6) is 5.75 Å². The minimum absolute atomic E-state index is 0.508. The molecule has 0 amide bonds. The standard InChI is InChI=1S/C17H27BrN2O/c1-4-9-20-10-7-14(8-11-20)13(2)19-15-5-6-17(21-3)16(18)12-15/h5-6,12-14,19H,4,7-11H2,1-3H3. The Morgan fingerprint density at radius 3 is 2.67 bits per heavy atom. The van der Waals surface area contributed by atoms with Gasteiger partial charge in [-0.15, -0.1) is 0 Å². The molecule has 0 radical (unpaired) electrons. The Labute approximate surface area is 137 Å². The molecule has 1 aromatic carbocycles. The van der Waals surface area contributed by atoms with E-state index in [2.05, 4.69) is 52.1 Å². The van der Waals surface area contributed by atoms with E-state index in [0.29, 0.717) is 6.04 Å². The molecule has 1 heterocycles. The quantitative estimate of drug-likeness (QED) is 0.820. The van der Waals surface area contributed by atoms with Crippen LogP contribution in [0.1, 0.15) is 33.1 Å². The van der Waals surface area contributed by atoms with Gasteiger partial charge in [-0.1, -0.05) is 6.92 Å². The highest BCUT2D eigenvalue weighted by Gasteiger charge is 2.23. The van der Waals surface area contributed by atoms with E-state index in [9.17, 15) is 0 Å². The van der Waals surface area contributed by atoms with Crippen molar-refractivity contribution in [2.24, 2.45) is 5.92 Å². The third-order valence-electron chi connectivity index (χ3n) is 4.43. The molecule has 1 N–H and O–H groups in total. The van der Waals surface area contributed by atoms with Crippen LogP contribution >= 0.6 is 15.9 Å². The molecule has 1 saturated heterocycles. The third-order valence-corrected chi connectivity index (χ3v) is 5.05. The molecule has 118 valence electrons. The summed E-state index contributed by atoms with van der Waals surface area (Å²) in [6.07, 6.45) is 3.86. The lowest BCUT2D eigenvalue weighted by molar-refractivity contribution is 0.176. The summed E-state index contributed by atoms with van der Waals surface area (Å²) in [4.78, 5) is 2.59. The van der Waals surface area contributed by atoms with Crippen LogP contribution in [0.25, 0.3) is 0 Å². The Bertz CT molecular complexity index is 444. The third kappa shape index (κ3) is 4.62. The topological polar surface area (TPSA) is 24.5 Å². The molecule has 0 saturated carbocycles. The van der Waals surface area contributed by atoms with Gasteiger partial charge in [0.15, 0.2) is 0 Å². The van der Waals surface area contributed by atoms with Gasteiger partial charge in [0.2, 0.25) is 0 Å². The Kier molecular flexibility index (Phi) is 6.37. The van der Waals surface area contributed by atoms with Crippen LogP contribution in [0.15, 0.2) is 22.7 Å². The summed E-state index contributed by atoms with van der Waals surface area (Å²) in [5.74, 6) is 1.64. The fourth-order valence-corrected chi connectivity index (χ4v) is 3.67. The van der Waals surface area contributed by atoms with E-state index >= 15 is 0 Å². The maximum Gasteiger partial charge on any atom is 0.133 e. The van der Waals surface area contributed by atoms with Crippen molar-refractivity contribution in [3.05, 3.63) is 22.7 Å². The molecular weight excluding hydrogens is 328 g/mol. The first-order valence-electron chi connectivity index (χ1n) is 7.96. The van der Waals surface area contributed by atoms with Gasteiger partial charge in [-0.05, 0) is 85.9 Å². The van der Waals surface area contributed by atoms with Crippen molar-refractivity contribution in [1.82, 2.24) is 4.90 Å². The Balaban J connectivity index is 1.87. The first-order chi connectivity index (χ1) is 10.1. The first-order valence-corrected chi connectivity index (χ1v) is 8.75. The van der Waals surface area contributed by atoms with Crippen molar-refractivity contribution in [1.29, 1.82) is 0 Å². The second-order valence-corrected chi connectivity index (χ2v) is 6.82. The van der Waals surface area contributed by atoms with Gasteiger partial charge in [-0.2, -0.15) is 0 Å². The summed E-state index contributed by atoms with van der Waals surface area (Å²) < 4.78 is 6.28. The molecular formula is C17H27BrN2O. The van der Waals surface area contributed by atoms with Crippen molar-refractivity contribution >= 4 is 21.6 Å². The summed E-state index contributed by atoms with van der Waals surface area (Å²) in [5.41, 5.74) is 1.16. The second-order valence-electron chi connectivity index (χ2n) is 5.96. The van der Waals surface area contributed by atoms with E-state index in [1.54, 1.807) is 7.11 Å². The average molecular weight is 355 g/mol. The summed E-state index contributed by atoms with van der Waals surface area (Å²) in [7, 11) is 1.69. The van der Waals surface area contributed by atoms with Gasteiger partial charge in [0.05, 0.1) is 11.6 Å². The smallest absolute Gasteiger partial charge is 0.133 e. The van der Waals surface area contributed by atoms with E-state index in [-0.39, 0.29) is 0 Å². The van der Waals surface area contributed by atoms with Crippen LogP contribution in [-0.2, 0) is 0 Å². The molecule has 21 heavy (non-hydrogen) atoms. The minimum Gasteiger partial charge on any atom is -0.496 e. The Morgan fingerprint density at radius 2 is 2.10 bits per heavy atom. The van der Waals surface area contributed by atoms with Crippen molar-refractivity contribution in [2.75, 3.05) is 32.1 Å². The van der Waals surface area contributed by atoms with Crippen molar-refractivity contribution < 1.29 is 4.74 Å². The largest absolute Gasteiger partial charge is 0.496 e. The molecule has 0 bridgehead atoms. The molecule has 4 heteroatoms. The second kappa shape index (κ2) is 8.04. The maximum atomic E-state index is 5.28. The fraction of sp³-hybridized carbons (Fsp3) is 0.647. The normalized spacial score (nSPS) is 18.5. The number of benzene rings is 1. The lowest BCUT2D eigenvalue weighted by Crippen LogP contribution is -2.39. The zero-order chi connectivity index (χ0) is 15.2. The van der Waals surface area contributed by atoms with Gasteiger partial charge in [0.1, 0.15) is 5.75 Å². The molecule has 0 aliphatic carbocycles. The Hall–Kier alpha value is -0.740. The predicted molar refractivity (Wildman–Crippen MR) is 93.2 cm³/mol. The molecule has 1 aliphatic rings. The molecule has 1 aromatic rings. The fourth-order valence-electron chi connectivity index (χ4n) is 3.13. The van der Waals surface area contributed by atoms with Crippen LogP contribution in [0, 0.1) is 5.92 Å². The van der Waals surface area contributed by atoms with E-state index in [1.165, 1.54) is 38.9 Å².